The van der Waals surface area contributed by atoms with Gasteiger partial charge >= 0.3 is 11.9 Å². The first-order chi connectivity index (χ1) is 13.7. The summed E-state index contributed by atoms with van der Waals surface area (Å²) in [7, 11) is 0. The fraction of sp³-hybridized carbons (Fsp3) is 0.167. The van der Waals surface area contributed by atoms with Crippen molar-refractivity contribution in [3.63, 3.8) is 0 Å². The highest BCUT2D eigenvalue weighted by molar-refractivity contribution is 6.09. The Labute approximate surface area is 164 Å². The fourth-order valence-electron chi connectivity index (χ4n) is 2.94. The Kier molecular flexibility index (Phi) is 6.08. The highest BCUT2D eigenvalue weighted by Gasteiger charge is 2.27. The number of rotatable bonds is 4. The summed E-state index contributed by atoms with van der Waals surface area (Å²) in [4.78, 5) is 25.0. The van der Waals surface area contributed by atoms with Crippen molar-refractivity contribution < 1.29 is 19.1 Å². The van der Waals surface area contributed by atoms with Crippen molar-refractivity contribution in [3.8, 4) is 23.0 Å². The standard InChI is InChI=1S/C24H20O4/c1-3-27-23(25)20-16-21(24(26)28-4-2)22-18(12-8-9-13-19(20)22)15-14-17-10-6-5-7-11-17/h5-13,16H,3-4H2,1-2H3. The molecule has 140 valence electrons. The average molecular weight is 372 g/mol. The third kappa shape index (κ3) is 4.05. The summed E-state index contributed by atoms with van der Waals surface area (Å²) in [6.45, 7) is 3.97. The molecule has 4 heteroatoms. The third-order valence-electron chi connectivity index (χ3n) is 4.13. The molecule has 0 amide bonds. The van der Waals surface area contributed by atoms with Crippen molar-refractivity contribution in [1.29, 1.82) is 0 Å². The summed E-state index contributed by atoms with van der Waals surface area (Å²) in [6.07, 6.45) is 0. The van der Waals surface area contributed by atoms with Crippen LogP contribution in [0, 0.1) is 11.8 Å². The number of fused-ring (bicyclic) bond motifs is 1. The van der Waals surface area contributed by atoms with Crippen LogP contribution in [0.15, 0.2) is 60.7 Å². The van der Waals surface area contributed by atoms with E-state index in [4.69, 9.17) is 9.47 Å². The first kappa shape index (κ1) is 19.2. The summed E-state index contributed by atoms with van der Waals surface area (Å²) in [5.74, 6) is 5.28. The Balaban J connectivity index is 2.20. The van der Waals surface area contributed by atoms with E-state index in [1.54, 1.807) is 19.9 Å². The lowest BCUT2D eigenvalue weighted by Crippen LogP contribution is -2.05. The zero-order chi connectivity index (χ0) is 19.9. The zero-order valence-electron chi connectivity index (χ0n) is 15.8. The summed E-state index contributed by atoms with van der Waals surface area (Å²) >= 11 is 0. The first-order valence-corrected chi connectivity index (χ1v) is 9.12. The molecule has 0 saturated carbocycles. The number of carbonyl (C=O) groups excluding carboxylic acids is 2. The van der Waals surface area contributed by atoms with E-state index < -0.39 is 11.9 Å². The van der Waals surface area contributed by atoms with Crippen LogP contribution < -0.4 is 0 Å². The van der Waals surface area contributed by atoms with Crippen LogP contribution in [0.25, 0.3) is 11.1 Å². The molecule has 0 fully saturated rings. The summed E-state index contributed by atoms with van der Waals surface area (Å²) in [6, 6.07) is 18.4. The zero-order valence-corrected chi connectivity index (χ0v) is 15.8. The van der Waals surface area contributed by atoms with Gasteiger partial charge in [-0.3, -0.25) is 0 Å². The van der Waals surface area contributed by atoms with Crippen LogP contribution in [0.2, 0.25) is 0 Å². The fourth-order valence-corrected chi connectivity index (χ4v) is 2.94. The predicted octanol–water partition coefficient (Wildman–Crippen LogP) is 4.54. The van der Waals surface area contributed by atoms with Gasteiger partial charge in [0.2, 0.25) is 0 Å². The van der Waals surface area contributed by atoms with Gasteiger partial charge in [0, 0.05) is 16.7 Å². The Morgan fingerprint density at radius 1 is 0.786 bits per heavy atom. The van der Waals surface area contributed by atoms with Gasteiger partial charge in [-0.25, -0.2) is 9.59 Å². The van der Waals surface area contributed by atoms with Gasteiger partial charge in [-0.05, 0) is 43.7 Å². The molecule has 0 saturated heterocycles. The van der Waals surface area contributed by atoms with Crippen molar-refractivity contribution in [2.45, 2.75) is 13.8 Å². The molecule has 0 radical (unpaired) electrons. The molecule has 0 aromatic heterocycles. The molecule has 28 heavy (non-hydrogen) atoms. The molecule has 0 unspecified atom stereocenters. The minimum atomic E-state index is -0.489. The largest absolute Gasteiger partial charge is 0.462 e. The van der Waals surface area contributed by atoms with Crippen LogP contribution in [0.5, 0.6) is 0 Å². The quantitative estimate of drug-likeness (QED) is 0.498. The summed E-state index contributed by atoms with van der Waals surface area (Å²) in [5.41, 5.74) is 3.35. The lowest BCUT2D eigenvalue weighted by Gasteiger charge is -2.05. The highest BCUT2D eigenvalue weighted by atomic mass is 16.5. The van der Waals surface area contributed by atoms with Gasteiger partial charge in [0.15, 0.2) is 0 Å². The number of benzene rings is 1. The Morgan fingerprint density at radius 3 is 2.07 bits per heavy atom. The molecular weight excluding hydrogens is 352 g/mol. The van der Waals surface area contributed by atoms with Crippen molar-refractivity contribution in [2.24, 2.45) is 0 Å². The topological polar surface area (TPSA) is 52.6 Å². The van der Waals surface area contributed by atoms with E-state index in [9.17, 15) is 9.59 Å². The lowest BCUT2D eigenvalue weighted by molar-refractivity contribution is 0.0525. The Bertz CT molecular complexity index is 1030. The van der Waals surface area contributed by atoms with Gasteiger partial charge in [0.1, 0.15) is 0 Å². The number of hydrogen-bond donors (Lipinski definition) is 0. The maximum absolute atomic E-state index is 12.6. The van der Waals surface area contributed by atoms with Crippen LogP contribution in [0.4, 0.5) is 0 Å². The molecule has 4 nitrogen and oxygen atoms in total. The van der Waals surface area contributed by atoms with Crippen LogP contribution in [-0.4, -0.2) is 25.2 Å². The molecule has 0 bridgehead atoms. The molecule has 0 heterocycles. The SMILES string of the molecule is CCOC(=O)c1cc(C(=O)OCC)c2c(C#Cc3ccccc3)ccccc1-2. The number of ether oxygens (including phenoxy) is 2. The van der Waals surface area contributed by atoms with Crippen molar-refractivity contribution >= 4 is 11.9 Å². The third-order valence-corrected chi connectivity index (χ3v) is 4.13. The van der Waals surface area contributed by atoms with Crippen LogP contribution in [0.3, 0.4) is 0 Å². The molecule has 1 aromatic rings. The minimum absolute atomic E-state index is 0.240. The number of hydrogen-bond acceptors (Lipinski definition) is 4. The van der Waals surface area contributed by atoms with Gasteiger partial charge < -0.3 is 9.47 Å². The Morgan fingerprint density at radius 2 is 1.39 bits per heavy atom. The van der Waals surface area contributed by atoms with Crippen molar-refractivity contribution in [3.05, 3.63) is 82.9 Å². The average Bonchev–Trinajstić information content (AvgIpc) is 2.96. The number of carbonyl (C=O) groups is 2. The Hall–Kier alpha value is -3.58. The van der Waals surface area contributed by atoms with E-state index in [-0.39, 0.29) is 13.2 Å². The second-order valence-electron chi connectivity index (χ2n) is 5.95. The maximum Gasteiger partial charge on any atom is 0.338 e. The maximum atomic E-state index is 12.6. The van der Waals surface area contributed by atoms with Crippen molar-refractivity contribution in [2.75, 3.05) is 13.2 Å². The van der Waals surface area contributed by atoms with Gasteiger partial charge in [0.25, 0.3) is 0 Å². The van der Waals surface area contributed by atoms with Gasteiger partial charge in [0.05, 0.1) is 24.3 Å². The molecule has 2 aliphatic carbocycles. The summed E-state index contributed by atoms with van der Waals surface area (Å²) < 4.78 is 10.4. The highest BCUT2D eigenvalue weighted by Crippen LogP contribution is 2.35. The van der Waals surface area contributed by atoms with E-state index in [2.05, 4.69) is 11.8 Å². The second-order valence-corrected chi connectivity index (χ2v) is 5.95. The predicted molar refractivity (Wildman–Crippen MR) is 107 cm³/mol. The molecule has 0 aliphatic heterocycles. The molecule has 0 N–H and O–H groups in total. The molecule has 0 spiro atoms. The van der Waals surface area contributed by atoms with E-state index >= 15 is 0 Å². The normalized spacial score (nSPS) is 10.1. The lowest BCUT2D eigenvalue weighted by atomic mass is 10.0. The van der Waals surface area contributed by atoms with Crippen LogP contribution >= 0.6 is 0 Å². The van der Waals surface area contributed by atoms with E-state index in [0.717, 1.165) is 5.56 Å². The van der Waals surface area contributed by atoms with Gasteiger partial charge in [-0.2, -0.15) is 0 Å². The van der Waals surface area contributed by atoms with Crippen LogP contribution in [-0.2, 0) is 9.47 Å². The van der Waals surface area contributed by atoms with Gasteiger partial charge in [-0.15, -0.1) is 0 Å². The second kappa shape index (κ2) is 8.88. The molecule has 1 aromatic carbocycles. The minimum Gasteiger partial charge on any atom is -0.462 e. The smallest absolute Gasteiger partial charge is 0.338 e. The molecule has 0 atom stereocenters. The monoisotopic (exact) mass is 372 g/mol. The number of esters is 2. The summed E-state index contributed by atoms with van der Waals surface area (Å²) in [5, 5.41) is 0. The molecular formula is C24H20O4. The first-order valence-electron chi connectivity index (χ1n) is 9.12. The van der Waals surface area contributed by atoms with E-state index in [1.807, 2.05) is 48.5 Å². The molecule has 3 rings (SSSR count). The van der Waals surface area contributed by atoms with Crippen molar-refractivity contribution in [1.82, 2.24) is 0 Å². The van der Waals surface area contributed by atoms with E-state index in [1.165, 1.54) is 6.07 Å². The van der Waals surface area contributed by atoms with Crippen LogP contribution in [0.1, 0.15) is 45.7 Å². The van der Waals surface area contributed by atoms with Gasteiger partial charge in [-0.1, -0.05) is 48.2 Å². The molecule has 2 aliphatic rings. The van der Waals surface area contributed by atoms with E-state index in [0.29, 0.717) is 27.8 Å².